The maximum Gasteiger partial charge on any atom is 0.253 e. The molecule has 2 fully saturated rings. The Morgan fingerprint density at radius 2 is 1.88 bits per heavy atom. The summed E-state index contributed by atoms with van der Waals surface area (Å²) in [6.45, 7) is 4.24. The minimum absolute atomic E-state index is 0.0660. The Kier molecular flexibility index (Phi) is 5.76. The van der Waals surface area contributed by atoms with E-state index in [-0.39, 0.29) is 17.0 Å². The standard InChI is InChI=1S/C22H27N5O4S/c28-22(18-3-6-21-23-7-8-26(21)14-18)24-13-17-1-4-20(5-2-17)32(29,30)27-11-9-25(10-12-27)19-15-31-16-19/h1-8,14,19,21,23H,9-13,15-16H2,(H,24,28). The van der Waals surface area contributed by atoms with Crippen molar-refractivity contribution in [3.05, 3.63) is 66.2 Å². The maximum absolute atomic E-state index is 13.0. The van der Waals surface area contributed by atoms with E-state index in [9.17, 15) is 13.2 Å². The highest BCUT2D eigenvalue weighted by atomic mass is 32.2. The number of hydrogen-bond donors (Lipinski definition) is 2. The molecule has 5 rings (SSSR count). The summed E-state index contributed by atoms with van der Waals surface area (Å²) < 4.78 is 32.8. The van der Waals surface area contributed by atoms with E-state index in [2.05, 4.69) is 15.5 Å². The van der Waals surface area contributed by atoms with Gasteiger partial charge in [0.05, 0.1) is 29.7 Å². The van der Waals surface area contributed by atoms with Gasteiger partial charge in [0, 0.05) is 51.3 Å². The number of amides is 1. The van der Waals surface area contributed by atoms with E-state index in [4.69, 9.17) is 4.74 Å². The smallest absolute Gasteiger partial charge is 0.253 e. The lowest BCUT2D eigenvalue weighted by Crippen LogP contribution is -2.57. The van der Waals surface area contributed by atoms with E-state index >= 15 is 0 Å². The number of carbonyl (C=O) groups excluding carboxylic acids is 1. The van der Waals surface area contributed by atoms with Crippen LogP contribution in [0.1, 0.15) is 5.56 Å². The first kappa shape index (κ1) is 21.2. The number of ether oxygens (including phenoxy) is 1. The number of fused-ring (bicyclic) bond motifs is 1. The van der Waals surface area contributed by atoms with Crippen LogP contribution in [0.3, 0.4) is 0 Å². The molecule has 170 valence electrons. The van der Waals surface area contributed by atoms with Gasteiger partial charge in [-0.1, -0.05) is 12.1 Å². The summed E-state index contributed by atoms with van der Waals surface area (Å²) in [6, 6.07) is 7.17. The monoisotopic (exact) mass is 457 g/mol. The molecule has 2 N–H and O–H groups in total. The van der Waals surface area contributed by atoms with Gasteiger partial charge in [-0.3, -0.25) is 9.69 Å². The molecule has 4 aliphatic heterocycles. The van der Waals surface area contributed by atoms with Crippen LogP contribution in [0.4, 0.5) is 0 Å². The molecule has 1 unspecified atom stereocenters. The van der Waals surface area contributed by atoms with Crippen molar-refractivity contribution >= 4 is 15.9 Å². The Morgan fingerprint density at radius 3 is 2.56 bits per heavy atom. The Morgan fingerprint density at radius 1 is 1.12 bits per heavy atom. The van der Waals surface area contributed by atoms with Crippen molar-refractivity contribution in [1.82, 2.24) is 24.7 Å². The molecule has 0 aromatic heterocycles. The largest absolute Gasteiger partial charge is 0.378 e. The highest BCUT2D eigenvalue weighted by Crippen LogP contribution is 2.21. The molecule has 0 spiro atoms. The van der Waals surface area contributed by atoms with Crippen molar-refractivity contribution in [1.29, 1.82) is 0 Å². The van der Waals surface area contributed by atoms with Crippen LogP contribution >= 0.6 is 0 Å². The van der Waals surface area contributed by atoms with E-state index < -0.39 is 10.0 Å². The third-order valence-electron chi connectivity index (χ3n) is 6.27. The summed E-state index contributed by atoms with van der Waals surface area (Å²) in [5.74, 6) is -0.175. The van der Waals surface area contributed by atoms with Gasteiger partial charge in [0.2, 0.25) is 10.0 Å². The second-order valence-electron chi connectivity index (χ2n) is 8.28. The normalized spacial score (nSPS) is 23.9. The van der Waals surface area contributed by atoms with Gasteiger partial charge in [-0.25, -0.2) is 8.42 Å². The van der Waals surface area contributed by atoms with Gasteiger partial charge >= 0.3 is 0 Å². The average molecular weight is 458 g/mol. The zero-order valence-electron chi connectivity index (χ0n) is 17.7. The van der Waals surface area contributed by atoms with Gasteiger partial charge in [-0.15, -0.1) is 0 Å². The fourth-order valence-corrected chi connectivity index (χ4v) is 5.60. The number of nitrogens with one attached hydrogen (secondary N) is 2. The second kappa shape index (κ2) is 8.70. The molecule has 4 aliphatic rings. The molecule has 0 bridgehead atoms. The molecule has 0 aliphatic carbocycles. The van der Waals surface area contributed by atoms with E-state index in [1.807, 2.05) is 23.4 Å². The third kappa shape index (κ3) is 4.18. The summed E-state index contributed by atoms with van der Waals surface area (Å²) in [4.78, 5) is 17.0. The number of sulfonamides is 1. The molecule has 0 radical (unpaired) electrons. The molecule has 1 amide bonds. The van der Waals surface area contributed by atoms with Gasteiger partial charge in [0.25, 0.3) is 5.91 Å². The van der Waals surface area contributed by atoms with Crippen molar-refractivity contribution in [3.8, 4) is 0 Å². The lowest BCUT2D eigenvalue weighted by Gasteiger charge is -2.42. The van der Waals surface area contributed by atoms with E-state index in [1.54, 1.807) is 40.8 Å². The molecular formula is C22H27N5O4S. The molecule has 32 heavy (non-hydrogen) atoms. The van der Waals surface area contributed by atoms with Crippen molar-refractivity contribution in [2.24, 2.45) is 0 Å². The first-order valence-corrected chi connectivity index (χ1v) is 12.2. The molecule has 2 saturated heterocycles. The second-order valence-corrected chi connectivity index (χ2v) is 10.2. The topological polar surface area (TPSA) is 94.2 Å². The summed E-state index contributed by atoms with van der Waals surface area (Å²) >= 11 is 0. The summed E-state index contributed by atoms with van der Waals surface area (Å²) in [7, 11) is -3.52. The van der Waals surface area contributed by atoms with Gasteiger partial charge < -0.3 is 20.3 Å². The fourth-order valence-electron chi connectivity index (χ4n) is 4.17. The van der Waals surface area contributed by atoms with Crippen molar-refractivity contribution < 1.29 is 17.9 Å². The Balaban J connectivity index is 1.16. The van der Waals surface area contributed by atoms with Crippen LogP contribution in [0.2, 0.25) is 0 Å². The molecule has 1 atom stereocenters. The molecular weight excluding hydrogens is 430 g/mol. The average Bonchev–Trinajstić information content (AvgIpc) is 3.25. The zero-order valence-corrected chi connectivity index (χ0v) is 18.5. The van der Waals surface area contributed by atoms with Gasteiger partial charge in [0.15, 0.2) is 0 Å². The van der Waals surface area contributed by atoms with E-state index in [0.29, 0.717) is 31.2 Å². The fraction of sp³-hybridized carbons (Fsp3) is 0.409. The summed E-state index contributed by atoms with van der Waals surface area (Å²) in [5.41, 5.74) is 1.41. The lowest BCUT2D eigenvalue weighted by molar-refractivity contribution is -0.117. The quantitative estimate of drug-likeness (QED) is 0.629. The minimum Gasteiger partial charge on any atom is -0.378 e. The molecule has 1 aromatic carbocycles. The van der Waals surface area contributed by atoms with Crippen LogP contribution in [0.5, 0.6) is 0 Å². The zero-order chi connectivity index (χ0) is 22.1. The Hall–Kier alpha value is -2.66. The van der Waals surface area contributed by atoms with Crippen LogP contribution in [-0.4, -0.2) is 80.0 Å². The number of hydrogen-bond acceptors (Lipinski definition) is 7. The lowest BCUT2D eigenvalue weighted by atomic mass is 10.1. The van der Waals surface area contributed by atoms with E-state index in [0.717, 1.165) is 31.9 Å². The summed E-state index contributed by atoms with van der Waals surface area (Å²) in [6.07, 6.45) is 9.30. The molecule has 10 heteroatoms. The summed E-state index contributed by atoms with van der Waals surface area (Å²) in [5, 5.41) is 6.04. The first-order chi connectivity index (χ1) is 15.5. The molecule has 0 saturated carbocycles. The van der Waals surface area contributed by atoms with Crippen LogP contribution in [0.15, 0.2) is 65.5 Å². The van der Waals surface area contributed by atoms with Gasteiger partial charge in [0.1, 0.15) is 6.17 Å². The van der Waals surface area contributed by atoms with Crippen molar-refractivity contribution in [2.75, 3.05) is 39.4 Å². The number of nitrogens with zero attached hydrogens (tertiary/aromatic N) is 3. The number of benzene rings is 1. The predicted octanol–water partition coefficient (Wildman–Crippen LogP) is 0.164. The SMILES string of the molecule is O=C(NCc1ccc(S(=O)(=O)N2CCN(C3COC3)CC2)cc1)C1=CN2C=CNC2C=C1. The minimum atomic E-state index is -3.52. The van der Waals surface area contributed by atoms with Crippen LogP contribution in [0.25, 0.3) is 0 Å². The van der Waals surface area contributed by atoms with Crippen molar-refractivity contribution in [3.63, 3.8) is 0 Å². The van der Waals surface area contributed by atoms with Gasteiger partial charge in [-0.2, -0.15) is 4.31 Å². The predicted molar refractivity (Wildman–Crippen MR) is 118 cm³/mol. The highest BCUT2D eigenvalue weighted by molar-refractivity contribution is 7.89. The molecule has 1 aromatic rings. The molecule has 4 heterocycles. The Labute approximate surface area is 188 Å². The Bertz CT molecular complexity index is 1050. The molecule has 9 nitrogen and oxygen atoms in total. The number of piperazine rings is 1. The van der Waals surface area contributed by atoms with Crippen LogP contribution in [-0.2, 0) is 26.1 Å². The highest BCUT2D eigenvalue weighted by Gasteiger charge is 2.33. The third-order valence-corrected chi connectivity index (χ3v) is 8.18. The number of rotatable bonds is 6. The number of carbonyl (C=O) groups is 1. The first-order valence-electron chi connectivity index (χ1n) is 10.8. The van der Waals surface area contributed by atoms with Crippen molar-refractivity contribution in [2.45, 2.75) is 23.6 Å². The van der Waals surface area contributed by atoms with E-state index in [1.165, 1.54) is 0 Å². The van der Waals surface area contributed by atoms with Gasteiger partial charge in [-0.05, 0) is 29.8 Å². The van der Waals surface area contributed by atoms with Crippen LogP contribution < -0.4 is 10.6 Å². The maximum atomic E-state index is 13.0. The van der Waals surface area contributed by atoms with Crippen LogP contribution in [0, 0.1) is 0 Å².